The van der Waals surface area contributed by atoms with Gasteiger partial charge in [0.05, 0.1) is 5.56 Å². The number of aliphatic carboxylic acids is 1. The number of carboxylic acid groups (broad SMARTS) is 1. The van der Waals surface area contributed by atoms with Crippen LogP contribution < -0.4 is 0 Å². The Balaban J connectivity index is 1.89. The molecule has 1 aliphatic heterocycles. The van der Waals surface area contributed by atoms with E-state index in [4.69, 9.17) is 0 Å². The highest BCUT2D eigenvalue weighted by Crippen LogP contribution is 2.35. The minimum absolute atomic E-state index is 0.0877. The van der Waals surface area contributed by atoms with Crippen LogP contribution in [0.3, 0.4) is 0 Å². The van der Waals surface area contributed by atoms with Crippen molar-refractivity contribution in [2.24, 2.45) is 0 Å². The van der Waals surface area contributed by atoms with Crippen LogP contribution in [0.1, 0.15) is 22.3 Å². The number of carboxylic acids is 1. The largest absolute Gasteiger partial charge is 0.481 e. The zero-order chi connectivity index (χ0) is 14.9. The molecule has 3 rings (SSSR count). The summed E-state index contributed by atoms with van der Waals surface area (Å²) in [6, 6.07) is 11.0. The Morgan fingerprint density at radius 2 is 1.95 bits per heavy atom. The highest BCUT2D eigenvalue weighted by atomic mass is 32.1. The molecule has 0 bridgehead atoms. The Hall–Kier alpha value is -2.14. The van der Waals surface area contributed by atoms with E-state index in [2.05, 4.69) is 0 Å². The first-order chi connectivity index (χ1) is 10.1. The Morgan fingerprint density at radius 1 is 1.19 bits per heavy atom. The summed E-state index contributed by atoms with van der Waals surface area (Å²) >= 11 is 1.47. The summed E-state index contributed by atoms with van der Waals surface area (Å²) in [5, 5.41) is 13.4. The molecule has 2 aromatic rings. The van der Waals surface area contributed by atoms with Crippen LogP contribution in [0.2, 0.25) is 0 Å². The first-order valence-electron chi connectivity index (χ1n) is 6.74. The Bertz CT molecular complexity index is 653. The van der Waals surface area contributed by atoms with Gasteiger partial charge in [0.2, 0.25) is 0 Å². The van der Waals surface area contributed by atoms with Gasteiger partial charge in [0, 0.05) is 18.5 Å². The van der Waals surface area contributed by atoms with Gasteiger partial charge in [0.1, 0.15) is 5.41 Å². The topological polar surface area (TPSA) is 57.6 Å². The predicted molar refractivity (Wildman–Crippen MR) is 80.6 cm³/mol. The number of hydrogen-bond acceptors (Lipinski definition) is 3. The van der Waals surface area contributed by atoms with E-state index in [1.54, 1.807) is 16.3 Å². The van der Waals surface area contributed by atoms with Crippen molar-refractivity contribution in [1.82, 2.24) is 4.90 Å². The smallest absolute Gasteiger partial charge is 0.316 e. The molecule has 1 unspecified atom stereocenters. The minimum atomic E-state index is -0.993. The van der Waals surface area contributed by atoms with Crippen LogP contribution in [0, 0.1) is 0 Å². The fourth-order valence-corrected chi connectivity index (χ4v) is 3.47. The van der Waals surface area contributed by atoms with Crippen molar-refractivity contribution in [3.05, 3.63) is 58.3 Å². The summed E-state index contributed by atoms with van der Waals surface area (Å²) in [6.07, 6.45) is 0.447. The Morgan fingerprint density at radius 3 is 2.57 bits per heavy atom. The third-order valence-electron chi connectivity index (χ3n) is 4.06. The van der Waals surface area contributed by atoms with Crippen molar-refractivity contribution in [2.45, 2.75) is 11.8 Å². The second-order valence-electron chi connectivity index (χ2n) is 5.24. The van der Waals surface area contributed by atoms with Crippen molar-refractivity contribution < 1.29 is 14.7 Å². The minimum Gasteiger partial charge on any atom is -0.481 e. The van der Waals surface area contributed by atoms with E-state index in [-0.39, 0.29) is 12.5 Å². The molecule has 108 valence electrons. The molecule has 1 amide bonds. The third kappa shape index (κ3) is 2.34. The van der Waals surface area contributed by atoms with E-state index in [1.807, 2.05) is 35.7 Å². The number of carbonyl (C=O) groups excluding carboxylic acids is 1. The lowest BCUT2D eigenvalue weighted by molar-refractivity contribution is -0.143. The first kappa shape index (κ1) is 13.8. The zero-order valence-electron chi connectivity index (χ0n) is 11.4. The van der Waals surface area contributed by atoms with E-state index in [1.165, 1.54) is 11.3 Å². The monoisotopic (exact) mass is 301 g/mol. The van der Waals surface area contributed by atoms with Gasteiger partial charge in [-0.1, -0.05) is 30.3 Å². The Labute approximate surface area is 126 Å². The number of thiophene rings is 1. The fourth-order valence-electron chi connectivity index (χ4n) is 2.84. The van der Waals surface area contributed by atoms with Crippen molar-refractivity contribution in [2.75, 3.05) is 13.1 Å². The second-order valence-corrected chi connectivity index (χ2v) is 6.02. The summed E-state index contributed by atoms with van der Waals surface area (Å²) in [4.78, 5) is 25.9. The Kier molecular flexibility index (Phi) is 3.51. The summed E-state index contributed by atoms with van der Waals surface area (Å²) in [5.74, 6) is -0.954. The molecule has 1 fully saturated rings. The maximum Gasteiger partial charge on any atom is 0.316 e. The lowest BCUT2D eigenvalue weighted by Gasteiger charge is -2.25. The normalized spacial score (nSPS) is 21.4. The van der Waals surface area contributed by atoms with Gasteiger partial charge in [-0.3, -0.25) is 9.59 Å². The number of hydrogen-bond donors (Lipinski definition) is 1. The van der Waals surface area contributed by atoms with Crippen LogP contribution in [-0.4, -0.2) is 35.0 Å². The van der Waals surface area contributed by atoms with Crippen molar-refractivity contribution in [1.29, 1.82) is 0 Å². The summed E-state index contributed by atoms with van der Waals surface area (Å²) in [5.41, 5.74) is 0.403. The molecule has 1 aromatic carbocycles. The van der Waals surface area contributed by atoms with Gasteiger partial charge >= 0.3 is 5.97 Å². The number of amides is 1. The van der Waals surface area contributed by atoms with Gasteiger partial charge in [0.15, 0.2) is 0 Å². The maximum atomic E-state index is 12.4. The summed E-state index contributed by atoms with van der Waals surface area (Å²) in [7, 11) is 0. The molecule has 2 heterocycles. The van der Waals surface area contributed by atoms with Gasteiger partial charge in [-0.2, -0.15) is 11.3 Å². The molecule has 1 N–H and O–H groups in total. The molecule has 0 radical (unpaired) electrons. The molecule has 21 heavy (non-hydrogen) atoms. The number of nitrogens with zero attached hydrogens (tertiary/aromatic N) is 1. The summed E-state index contributed by atoms with van der Waals surface area (Å²) < 4.78 is 0. The number of rotatable bonds is 3. The molecule has 0 spiro atoms. The number of benzene rings is 1. The molecule has 0 aliphatic carbocycles. The van der Waals surface area contributed by atoms with Crippen LogP contribution in [0.5, 0.6) is 0 Å². The van der Waals surface area contributed by atoms with Gasteiger partial charge < -0.3 is 10.0 Å². The van der Waals surface area contributed by atoms with E-state index in [9.17, 15) is 14.7 Å². The fraction of sp³-hybridized carbons (Fsp3) is 0.250. The number of likely N-dealkylation sites (tertiary alicyclic amines) is 1. The highest BCUT2D eigenvalue weighted by Gasteiger charge is 2.47. The van der Waals surface area contributed by atoms with Crippen LogP contribution in [0.4, 0.5) is 0 Å². The first-order valence-corrected chi connectivity index (χ1v) is 7.68. The third-order valence-corrected chi connectivity index (χ3v) is 4.74. The van der Waals surface area contributed by atoms with Gasteiger partial charge in [-0.25, -0.2) is 0 Å². The quantitative estimate of drug-likeness (QED) is 0.948. The molecule has 1 aromatic heterocycles. The van der Waals surface area contributed by atoms with E-state index >= 15 is 0 Å². The van der Waals surface area contributed by atoms with Crippen LogP contribution in [0.15, 0.2) is 47.2 Å². The van der Waals surface area contributed by atoms with Gasteiger partial charge in [-0.05, 0) is 23.4 Å². The maximum absolute atomic E-state index is 12.4. The van der Waals surface area contributed by atoms with Gasteiger partial charge in [0.25, 0.3) is 5.91 Å². The highest BCUT2D eigenvalue weighted by molar-refractivity contribution is 7.08. The molecule has 5 heteroatoms. The van der Waals surface area contributed by atoms with Gasteiger partial charge in [-0.15, -0.1) is 0 Å². The molecule has 0 saturated carbocycles. The molecular weight excluding hydrogens is 286 g/mol. The molecule has 1 atom stereocenters. The number of carbonyl (C=O) groups is 2. The van der Waals surface area contributed by atoms with Crippen molar-refractivity contribution >= 4 is 23.2 Å². The predicted octanol–water partition coefficient (Wildman–Crippen LogP) is 2.62. The average molecular weight is 301 g/mol. The standard InChI is InChI=1S/C16H15NO3S/c18-14(12-6-9-21-10-12)17-8-7-16(11-17,15(19)20)13-4-2-1-3-5-13/h1-6,9-10H,7-8,11H2,(H,19,20). The van der Waals surface area contributed by atoms with Crippen LogP contribution in [-0.2, 0) is 10.2 Å². The van der Waals surface area contributed by atoms with E-state index < -0.39 is 11.4 Å². The lowest BCUT2D eigenvalue weighted by atomic mass is 9.80. The molecule has 4 nitrogen and oxygen atoms in total. The molecular formula is C16H15NO3S. The summed E-state index contributed by atoms with van der Waals surface area (Å²) in [6.45, 7) is 0.691. The van der Waals surface area contributed by atoms with Crippen molar-refractivity contribution in [3.8, 4) is 0 Å². The SMILES string of the molecule is O=C(c1ccsc1)N1CCC(C(=O)O)(c2ccccc2)C1. The second kappa shape index (κ2) is 5.33. The van der Waals surface area contributed by atoms with E-state index in [0.717, 1.165) is 5.56 Å². The van der Waals surface area contributed by atoms with Crippen LogP contribution in [0.25, 0.3) is 0 Å². The molecule has 1 saturated heterocycles. The van der Waals surface area contributed by atoms with Crippen LogP contribution >= 0.6 is 11.3 Å². The lowest BCUT2D eigenvalue weighted by Crippen LogP contribution is -2.40. The average Bonchev–Trinajstić information content (AvgIpc) is 3.18. The van der Waals surface area contributed by atoms with Crippen molar-refractivity contribution in [3.63, 3.8) is 0 Å². The van der Waals surface area contributed by atoms with E-state index in [0.29, 0.717) is 18.5 Å². The molecule has 1 aliphatic rings. The zero-order valence-corrected chi connectivity index (χ0v) is 12.2.